The molecule has 0 saturated carbocycles. The quantitative estimate of drug-likeness (QED) is 0.514. The summed E-state index contributed by atoms with van der Waals surface area (Å²) in [6.07, 6.45) is 6.43. The Balaban J connectivity index is 2.17. The first-order valence-corrected chi connectivity index (χ1v) is 5.93. The molecule has 1 aliphatic rings. The Morgan fingerprint density at radius 3 is 2.81 bits per heavy atom. The van der Waals surface area contributed by atoms with Crippen molar-refractivity contribution < 1.29 is 14.3 Å². The number of hydrogen-bond donors (Lipinski definition) is 0. The first-order valence-electron chi connectivity index (χ1n) is 5.93. The molecule has 1 unspecified atom stereocenters. The van der Waals surface area contributed by atoms with Gasteiger partial charge in [-0.05, 0) is 18.8 Å². The van der Waals surface area contributed by atoms with Gasteiger partial charge in [0.05, 0.1) is 12.5 Å². The standard InChI is InChI=1S/C13H20O3/c1-10(2)9-12(14)6-4-3-5-11-7-8-16-13(11)15/h3-4,10-11H,5-9H2,1-2H3/b4-3+. The number of ketones is 1. The second-order valence-corrected chi connectivity index (χ2v) is 4.70. The molecule has 1 rings (SSSR count). The Hall–Kier alpha value is -1.12. The summed E-state index contributed by atoms with van der Waals surface area (Å²) in [4.78, 5) is 22.5. The lowest BCUT2D eigenvalue weighted by Gasteiger charge is -2.01. The van der Waals surface area contributed by atoms with E-state index in [1.807, 2.05) is 26.0 Å². The fraction of sp³-hybridized carbons (Fsp3) is 0.692. The van der Waals surface area contributed by atoms with E-state index in [4.69, 9.17) is 4.74 Å². The average molecular weight is 224 g/mol. The van der Waals surface area contributed by atoms with Crippen molar-refractivity contribution in [2.24, 2.45) is 11.8 Å². The van der Waals surface area contributed by atoms with Crippen LogP contribution >= 0.6 is 0 Å². The third-order valence-electron chi connectivity index (χ3n) is 2.61. The van der Waals surface area contributed by atoms with Crippen molar-refractivity contribution in [3.63, 3.8) is 0 Å². The molecule has 3 nitrogen and oxygen atoms in total. The number of ether oxygens (including phenoxy) is 1. The van der Waals surface area contributed by atoms with E-state index in [1.54, 1.807) is 0 Å². The van der Waals surface area contributed by atoms with Crippen molar-refractivity contribution in [3.8, 4) is 0 Å². The van der Waals surface area contributed by atoms with Gasteiger partial charge in [-0.1, -0.05) is 26.0 Å². The van der Waals surface area contributed by atoms with Crippen LogP contribution in [0.3, 0.4) is 0 Å². The van der Waals surface area contributed by atoms with Crippen molar-refractivity contribution in [3.05, 3.63) is 12.2 Å². The van der Waals surface area contributed by atoms with E-state index in [1.165, 1.54) is 0 Å². The van der Waals surface area contributed by atoms with Gasteiger partial charge in [0.2, 0.25) is 0 Å². The number of cyclic esters (lactones) is 1. The van der Waals surface area contributed by atoms with Crippen LogP contribution in [-0.2, 0) is 14.3 Å². The topological polar surface area (TPSA) is 43.4 Å². The summed E-state index contributed by atoms with van der Waals surface area (Å²) in [5.41, 5.74) is 0. The van der Waals surface area contributed by atoms with E-state index in [9.17, 15) is 9.59 Å². The van der Waals surface area contributed by atoms with Crippen LogP contribution in [0.5, 0.6) is 0 Å². The smallest absolute Gasteiger partial charge is 0.309 e. The maximum atomic E-state index is 11.4. The Morgan fingerprint density at radius 1 is 1.50 bits per heavy atom. The molecule has 0 aromatic carbocycles. The van der Waals surface area contributed by atoms with E-state index < -0.39 is 0 Å². The first-order chi connectivity index (χ1) is 7.59. The van der Waals surface area contributed by atoms with Crippen LogP contribution in [0, 0.1) is 11.8 Å². The lowest BCUT2D eigenvalue weighted by molar-refractivity contribution is -0.141. The summed E-state index contributed by atoms with van der Waals surface area (Å²) >= 11 is 0. The molecule has 3 heteroatoms. The number of carbonyl (C=O) groups excluding carboxylic acids is 2. The largest absolute Gasteiger partial charge is 0.465 e. The molecular weight excluding hydrogens is 204 g/mol. The van der Waals surface area contributed by atoms with Crippen LogP contribution in [0.1, 0.15) is 39.5 Å². The number of Topliss-reactive ketones (excluding diaryl/α,β-unsaturated/α-hetero) is 1. The second-order valence-electron chi connectivity index (χ2n) is 4.70. The Bertz CT molecular complexity index is 279. The molecule has 0 spiro atoms. The highest BCUT2D eigenvalue weighted by Gasteiger charge is 2.24. The van der Waals surface area contributed by atoms with Gasteiger partial charge in [-0.2, -0.15) is 0 Å². The molecule has 0 N–H and O–H groups in total. The average Bonchev–Trinajstić information content (AvgIpc) is 2.58. The molecule has 1 saturated heterocycles. The summed E-state index contributed by atoms with van der Waals surface area (Å²) in [6.45, 7) is 4.62. The minimum Gasteiger partial charge on any atom is -0.465 e. The SMILES string of the molecule is CC(C)CC(=O)C/C=C/CC1CCOC1=O. The van der Waals surface area contributed by atoms with Gasteiger partial charge < -0.3 is 4.74 Å². The summed E-state index contributed by atoms with van der Waals surface area (Å²) in [5, 5.41) is 0. The van der Waals surface area contributed by atoms with Crippen molar-refractivity contribution in [1.82, 2.24) is 0 Å². The Morgan fingerprint density at radius 2 is 2.25 bits per heavy atom. The van der Waals surface area contributed by atoms with E-state index in [0.717, 1.165) is 6.42 Å². The van der Waals surface area contributed by atoms with Crippen LogP contribution in [0.15, 0.2) is 12.2 Å². The number of hydrogen-bond acceptors (Lipinski definition) is 3. The maximum Gasteiger partial charge on any atom is 0.309 e. The first kappa shape index (κ1) is 12.9. The van der Waals surface area contributed by atoms with Crippen LogP contribution < -0.4 is 0 Å². The molecule has 0 radical (unpaired) electrons. The highest BCUT2D eigenvalue weighted by Crippen LogP contribution is 2.18. The predicted octanol–water partition coefficient (Wildman–Crippen LogP) is 2.50. The number of allylic oxidation sites excluding steroid dienone is 2. The molecular formula is C13H20O3. The zero-order chi connectivity index (χ0) is 12.0. The highest BCUT2D eigenvalue weighted by molar-refractivity contribution is 5.80. The normalized spacial score (nSPS) is 20.7. The molecule has 0 aliphatic carbocycles. The monoisotopic (exact) mass is 224 g/mol. The van der Waals surface area contributed by atoms with Crippen molar-refractivity contribution in [2.75, 3.05) is 6.61 Å². The number of carbonyl (C=O) groups is 2. The molecule has 16 heavy (non-hydrogen) atoms. The highest BCUT2D eigenvalue weighted by atomic mass is 16.5. The molecule has 0 aromatic heterocycles. The molecule has 1 fully saturated rings. The van der Waals surface area contributed by atoms with Crippen LogP contribution in [-0.4, -0.2) is 18.4 Å². The van der Waals surface area contributed by atoms with E-state index in [2.05, 4.69) is 0 Å². The van der Waals surface area contributed by atoms with Gasteiger partial charge in [-0.15, -0.1) is 0 Å². The predicted molar refractivity (Wildman–Crippen MR) is 61.9 cm³/mol. The minimum atomic E-state index is -0.0989. The lowest BCUT2D eigenvalue weighted by Crippen LogP contribution is -2.06. The van der Waals surface area contributed by atoms with E-state index in [-0.39, 0.29) is 17.7 Å². The third-order valence-corrected chi connectivity index (χ3v) is 2.61. The van der Waals surface area contributed by atoms with E-state index in [0.29, 0.717) is 31.8 Å². The molecule has 0 amide bonds. The fourth-order valence-electron chi connectivity index (χ4n) is 1.77. The van der Waals surface area contributed by atoms with Gasteiger partial charge in [0, 0.05) is 12.8 Å². The van der Waals surface area contributed by atoms with Crippen molar-refractivity contribution >= 4 is 11.8 Å². The maximum absolute atomic E-state index is 11.4. The van der Waals surface area contributed by atoms with Gasteiger partial charge in [0.1, 0.15) is 5.78 Å². The zero-order valence-electron chi connectivity index (χ0n) is 10.1. The zero-order valence-corrected chi connectivity index (χ0v) is 10.1. The van der Waals surface area contributed by atoms with Crippen LogP contribution in [0.25, 0.3) is 0 Å². The van der Waals surface area contributed by atoms with Gasteiger partial charge in [0.15, 0.2) is 0 Å². The Kier molecular flexibility index (Phi) is 5.23. The van der Waals surface area contributed by atoms with Crippen LogP contribution in [0.4, 0.5) is 0 Å². The van der Waals surface area contributed by atoms with Crippen molar-refractivity contribution in [2.45, 2.75) is 39.5 Å². The summed E-state index contributed by atoms with van der Waals surface area (Å²) in [5.74, 6) is 0.598. The summed E-state index contributed by atoms with van der Waals surface area (Å²) in [7, 11) is 0. The summed E-state index contributed by atoms with van der Waals surface area (Å²) < 4.78 is 4.86. The molecule has 1 heterocycles. The summed E-state index contributed by atoms with van der Waals surface area (Å²) in [6, 6.07) is 0. The van der Waals surface area contributed by atoms with Crippen LogP contribution in [0.2, 0.25) is 0 Å². The number of rotatable bonds is 6. The molecule has 0 aromatic rings. The van der Waals surface area contributed by atoms with Gasteiger partial charge >= 0.3 is 5.97 Å². The molecule has 90 valence electrons. The van der Waals surface area contributed by atoms with Gasteiger partial charge in [-0.3, -0.25) is 9.59 Å². The molecule has 1 atom stereocenters. The molecule has 1 aliphatic heterocycles. The fourth-order valence-corrected chi connectivity index (χ4v) is 1.77. The Labute approximate surface area is 96.9 Å². The minimum absolute atomic E-state index is 0.0106. The third kappa shape index (κ3) is 4.60. The lowest BCUT2D eigenvalue weighted by atomic mass is 10.0. The second kappa shape index (κ2) is 6.46. The van der Waals surface area contributed by atoms with E-state index >= 15 is 0 Å². The van der Waals surface area contributed by atoms with Gasteiger partial charge in [-0.25, -0.2) is 0 Å². The number of esters is 1. The molecule has 0 bridgehead atoms. The van der Waals surface area contributed by atoms with Gasteiger partial charge in [0.25, 0.3) is 0 Å². The van der Waals surface area contributed by atoms with Crippen molar-refractivity contribution in [1.29, 1.82) is 0 Å².